The highest BCUT2D eigenvalue weighted by Gasteiger charge is 2.04. The third-order valence-corrected chi connectivity index (χ3v) is 2.60. The summed E-state index contributed by atoms with van der Waals surface area (Å²) in [5.41, 5.74) is 0. The molecular weight excluding hydrogens is 244 g/mol. The van der Waals surface area contributed by atoms with Gasteiger partial charge >= 0.3 is 0 Å². The van der Waals surface area contributed by atoms with Gasteiger partial charge in [-0.15, -0.1) is 0 Å². The average Bonchev–Trinajstić information content (AvgIpc) is 2.04. The molecule has 0 aliphatic heterocycles. The van der Waals surface area contributed by atoms with Gasteiger partial charge in [0, 0.05) is 0 Å². The molecule has 0 heterocycles. The molecule has 1 rings (SSSR count). The molecule has 1 atom stereocenters. The average molecular weight is 251 g/mol. The topological polar surface area (TPSA) is 46.5 Å². The molecule has 0 saturated carbocycles. The number of halogens is 1. The number of methoxy groups -OCH3 is 1. The van der Waals surface area contributed by atoms with Crippen LogP contribution in [-0.4, -0.2) is 15.9 Å². The molecule has 1 aromatic carbocycles. The summed E-state index contributed by atoms with van der Waals surface area (Å²) in [7, 11) is 1.54. The zero-order chi connectivity index (χ0) is 9.14. The summed E-state index contributed by atoms with van der Waals surface area (Å²) >= 11 is 1.27. The van der Waals surface area contributed by atoms with E-state index in [9.17, 15) is 4.21 Å². The van der Waals surface area contributed by atoms with E-state index in [2.05, 4.69) is 15.9 Å². The quantitative estimate of drug-likeness (QED) is 0.818. The minimum absolute atomic E-state index is 0.350. The Morgan fingerprint density at radius 1 is 1.58 bits per heavy atom. The molecule has 0 aliphatic rings. The minimum Gasteiger partial charge on any atom is -0.496 e. The van der Waals surface area contributed by atoms with Crippen LogP contribution < -0.4 is 4.74 Å². The number of hydrogen-bond acceptors (Lipinski definition) is 2. The first-order chi connectivity index (χ1) is 5.65. The minimum atomic E-state index is -1.94. The fraction of sp³-hybridized carbons (Fsp3) is 0.143. The van der Waals surface area contributed by atoms with Crippen molar-refractivity contribution in [2.45, 2.75) is 4.90 Å². The van der Waals surface area contributed by atoms with Crippen LogP contribution >= 0.6 is 15.9 Å². The fourth-order valence-electron chi connectivity index (χ4n) is 0.756. The van der Waals surface area contributed by atoms with E-state index in [4.69, 9.17) is 9.29 Å². The normalized spacial score (nSPS) is 12.6. The number of hydrogen-bond donors (Lipinski definition) is 1. The summed E-state index contributed by atoms with van der Waals surface area (Å²) < 4.78 is 24.9. The van der Waals surface area contributed by atoms with Crippen LogP contribution in [0.3, 0.4) is 0 Å². The third kappa shape index (κ3) is 2.06. The lowest BCUT2D eigenvalue weighted by Gasteiger charge is -2.02. The molecule has 0 bridgehead atoms. The van der Waals surface area contributed by atoms with Crippen LogP contribution in [0, 0.1) is 0 Å². The smallest absolute Gasteiger partial charge is 0.186 e. The Labute approximate surface area is 81.2 Å². The van der Waals surface area contributed by atoms with E-state index >= 15 is 0 Å². The van der Waals surface area contributed by atoms with Crippen molar-refractivity contribution in [3.63, 3.8) is 0 Å². The predicted molar refractivity (Wildman–Crippen MR) is 49.7 cm³/mol. The lowest BCUT2D eigenvalue weighted by Crippen LogP contribution is -1.90. The highest BCUT2D eigenvalue weighted by Crippen LogP contribution is 2.26. The first-order valence-corrected chi connectivity index (χ1v) is 4.99. The van der Waals surface area contributed by atoms with Crippen LogP contribution in [0.4, 0.5) is 0 Å². The van der Waals surface area contributed by atoms with Gasteiger partial charge in [0.05, 0.1) is 16.5 Å². The van der Waals surface area contributed by atoms with E-state index in [1.807, 2.05) is 0 Å². The second-order valence-electron chi connectivity index (χ2n) is 2.05. The highest BCUT2D eigenvalue weighted by molar-refractivity contribution is 9.10. The molecule has 1 N–H and O–H groups in total. The largest absolute Gasteiger partial charge is 0.496 e. The Morgan fingerprint density at radius 3 is 2.67 bits per heavy atom. The van der Waals surface area contributed by atoms with E-state index < -0.39 is 11.1 Å². The van der Waals surface area contributed by atoms with Gasteiger partial charge < -0.3 is 9.29 Å². The summed E-state index contributed by atoms with van der Waals surface area (Å²) in [5.74, 6) is 0.643. The Bertz CT molecular complexity index is 314. The molecule has 0 aliphatic carbocycles. The first kappa shape index (κ1) is 9.70. The lowest BCUT2D eigenvalue weighted by molar-refractivity contribution is 0.411. The van der Waals surface area contributed by atoms with Crippen molar-refractivity contribution in [1.29, 1.82) is 0 Å². The Hall–Kier alpha value is -0.390. The first-order valence-electron chi connectivity index (χ1n) is 3.09. The SMILES string of the molecule is COc1ccc(S(=O)O)cc1Br. The van der Waals surface area contributed by atoms with Crippen molar-refractivity contribution in [2.24, 2.45) is 0 Å². The zero-order valence-electron chi connectivity index (χ0n) is 6.28. The molecule has 0 spiro atoms. The van der Waals surface area contributed by atoms with E-state index in [-0.39, 0.29) is 0 Å². The van der Waals surface area contributed by atoms with Gasteiger partial charge in [0.25, 0.3) is 0 Å². The van der Waals surface area contributed by atoms with Crippen LogP contribution in [0.15, 0.2) is 27.6 Å². The van der Waals surface area contributed by atoms with Crippen molar-refractivity contribution in [3.8, 4) is 5.75 Å². The fourth-order valence-corrected chi connectivity index (χ4v) is 1.85. The number of rotatable bonds is 2. The van der Waals surface area contributed by atoms with Gasteiger partial charge in [0.1, 0.15) is 5.75 Å². The van der Waals surface area contributed by atoms with Gasteiger partial charge in [-0.25, -0.2) is 4.21 Å². The van der Waals surface area contributed by atoms with E-state index in [0.29, 0.717) is 15.1 Å². The Kier molecular flexibility index (Phi) is 3.25. The molecule has 66 valence electrons. The van der Waals surface area contributed by atoms with Gasteiger partial charge in [-0.05, 0) is 34.1 Å². The van der Waals surface area contributed by atoms with Gasteiger partial charge in [-0.2, -0.15) is 0 Å². The van der Waals surface area contributed by atoms with Crippen molar-refractivity contribution >= 4 is 27.0 Å². The maximum atomic E-state index is 10.6. The molecule has 12 heavy (non-hydrogen) atoms. The molecule has 0 saturated heterocycles. The van der Waals surface area contributed by atoms with E-state index in [1.165, 1.54) is 7.11 Å². The maximum absolute atomic E-state index is 10.6. The summed E-state index contributed by atoms with van der Waals surface area (Å²) in [6.45, 7) is 0. The molecule has 0 aromatic heterocycles. The summed E-state index contributed by atoms with van der Waals surface area (Å²) in [5, 5.41) is 0. The van der Waals surface area contributed by atoms with Gasteiger partial charge in [-0.3, -0.25) is 0 Å². The predicted octanol–water partition coefficient (Wildman–Crippen LogP) is 2.04. The second kappa shape index (κ2) is 4.02. The molecule has 0 radical (unpaired) electrons. The molecule has 3 nitrogen and oxygen atoms in total. The standard InChI is InChI=1S/C7H7BrO3S/c1-11-7-3-2-5(12(9)10)4-6(7)8/h2-4H,1H3,(H,9,10). The van der Waals surface area contributed by atoms with Gasteiger partial charge in [-0.1, -0.05) is 0 Å². The van der Waals surface area contributed by atoms with Crippen LogP contribution in [0.1, 0.15) is 0 Å². The molecule has 1 unspecified atom stereocenters. The molecule has 1 aromatic rings. The van der Waals surface area contributed by atoms with Crippen LogP contribution in [-0.2, 0) is 11.1 Å². The molecular formula is C7H7BrO3S. The van der Waals surface area contributed by atoms with E-state index in [0.717, 1.165) is 0 Å². The van der Waals surface area contributed by atoms with E-state index in [1.54, 1.807) is 18.2 Å². The monoisotopic (exact) mass is 250 g/mol. The molecule has 0 amide bonds. The maximum Gasteiger partial charge on any atom is 0.186 e. The third-order valence-electron chi connectivity index (χ3n) is 1.32. The van der Waals surface area contributed by atoms with Gasteiger partial charge in [0.2, 0.25) is 0 Å². The summed E-state index contributed by atoms with van der Waals surface area (Å²) in [4.78, 5) is 0.350. The summed E-state index contributed by atoms with van der Waals surface area (Å²) in [6.07, 6.45) is 0. The lowest BCUT2D eigenvalue weighted by atomic mass is 10.3. The van der Waals surface area contributed by atoms with Crippen LogP contribution in [0.25, 0.3) is 0 Å². The number of ether oxygens (including phenoxy) is 1. The molecule has 0 fully saturated rings. The van der Waals surface area contributed by atoms with Crippen molar-refractivity contribution < 1.29 is 13.5 Å². The van der Waals surface area contributed by atoms with Gasteiger partial charge in [0.15, 0.2) is 11.1 Å². The molecule has 5 heteroatoms. The second-order valence-corrected chi connectivity index (χ2v) is 3.87. The van der Waals surface area contributed by atoms with Crippen LogP contribution in [0.2, 0.25) is 0 Å². The number of benzene rings is 1. The summed E-state index contributed by atoms with van der Waals surface area (Å²) in [6, 6.07) is 4.72. The Morgan fingerprint density at radius 2 is 2.25 bits per heavy atom. The van der Waals surface area contributed by atoms with Crippen molar-refractivity contribution in [2.75, 3.05) is 7.11 Å². The van der Waals surface area contributed by atoms with Crippen molar-refractivity contribution in [1.82, 2.24) is 0 Å². The highest BCUT2D eigenvalue weighted by atomic mass is 79.9. The Balaban J connectivity index is 3.10. The zero-order valence-corrected chi connectivity index (χ0v) is 8.68. The van der Waals surface area contributed by atoms with Crippen LogP contribution in [0.5, 0.6) is 5.75 Å². The van der Waals surface area contributed by atoms with Crippen molar-refractivity contribution in [3.05, 3.63) is 22.7 Å².